The lowest BCUT2D eigenvalue weighted by Crippen LogP contribution is -2.25. The van der Waals surface area contributed by atoms with E-state index in [0.29, 0.717) is 19.0 Å². The molecule has 1 aromatic rings. The Kier molecular flexibility index (Phi) is 5.88. The summed E-state index contributed by atoms with van der Waals surface area (Å²) >= 11 is 0. The summed E-state index contributed by atoms with van der Waals surface area (Å²) in [6, 6.07) is 0.877. The maximum absolute atomic E-state index is 12.9. The molecule has 10 heteroatoms. The van der Waals surface area contributed by atoms with Crippen LogP contribution in [0.4, 0.5) is 30.2 Å². The zero-order valence-electron chi connectivity index (χ0n) is 12.6. The molecular formula is C13H16F3N3O4. The van der Waals surface area contributed by atoms with E-state index in [-0.39, 0.29) is 18.3 Å². The summed E-state index contributed by atoms with van der Waals surface area (Å²) in [5.74, 6) is 0. The zero-order chi connectivity index (χ0) is 17.8. The summed E-state index contributed by atoms with van der Waals surface area (Å²) in [5, 5.41) is 22.1. The molecule has 0 N–H and O–H groups in total. The van der Waals surface area contributed by atoms with Gasteiger partial charge in [0, 0.05) is 25.2 Å². The molecule has 0 amide bonds. The smallest absolute Gasteiger partial charge is 0.366 e. The van der Waals surface area contributed by atoms with Crippen molar-refractivity contribution in [2.24, 2.45) is 0 Å². The van der Waals surface area contributed by atoms with E-state index in [2.05, 4.69) is 0 Å². The number of nitrogens with zero attached hydrogens (tertiary/aromatic N) is 3. The van der Waals surface area contributed by atoms with Gasteiger partial charge in [0.15, 0.2) is 0 Å². The quantitative estimate of drug-likeness (QED) is 0.551. The van der Waals surface area contributed by atoms with Gasteiger partial charge in [0.1, 0.15) is 11.3 Å². The molecule has 1 rings (SSSR count). The number of hydrogen-bond donors (Lipinski definition) is 0. The zero-order valence-corrected chi connectivity index (χ0v) is 12.6. The second-order valence-corrected chi connectivity index (χ2v) is 4.80. The van der Waals surface area contributed by atoms with Gasteiger partial charge in [-0.05, 0) is 13.3 Å². The van der Waals surface area contributed by atoms with Crippen molar-refractivity contribution in [1.29, 1.82) is 0 Å². The Bertz CT molecular complexity index is 605. The Morgan fingerprint density at radius 3 is 2.04 bits per heavy atom. The maximum Gasteiger partial charge on any atom is 0.423 e. The van der Waals surface area contributed by atoms with E-state index >= 15 is 0 Å². The molecule has 0 aliphatic heterocycles. The van der Waals surface area contributed by atoms with E-state index in [4.69, 9.17) is 0 Å². The predicted octanol–water partition coefficient (Wildman–Crippen LogP) is 4.15. The third-order valence-electron chi connectivity index (χ3n) is 3.30. The fourth-order valence-corrected chi connectivity index (χ4v) is 2.14. The number of anilines is 1. The van der Waals surface area contributed by atoms with Gasteiger partial charge in [0.2, 0.25) is 0 Å². The van der Waals surface area contributed by atoms with Gasteiger partial charge in [0.05, 0.1) is 9.85 Å². The van der Waals surface area contributed by atoms with Crippen LogP contribution in [0, 0.1) is 20.2 Å². The number of nitro benzene ring substituents is 2. The first-order chi connectivity index (χ1) is 10.6. The average Bonchev–Trinajstić information content (AvgIpc) is 2.45. The fourth-order valence-electron chi connectivity index (χ4n) is 2.14. The van der Waals surface area contributed by atoms with Crippen LogP contribution in [0.15, 0.2) is 12.1 Å². The molecular weight excluding hydrogens is 319 g/mol. The van der Waals surface area contributed by atoms with Crippen LogP contribution in [0.2, 0.25) is 0 Å². The molecule has 128 valence electrons. The first-order valence-corrected chi connectivity index (χ1v) is 6.92. The Labute approximate surface area is 130 Å². The molecule has 0 heterocycles. The van der Waals surface area contributed by atoms with Crippen molar-refractivity contribution >= 4 is 17.1 Å². The van der Waals surface area contributed by atoms with Gasteiger partial charge in [-0.2, -0.15) is 13.2 Å². The van der Waals surface area contributed by atoms with Crippen LogP contribution in [-0.4, -0.2) is 22.9 Å². The number of alkyl halides is 3. The van der Waals surface area contributed by atoms with E-state index in [1.54, 1.807) is 6.92 Å². The van der Waals surface area contributed by atoms with Gasteiger partial charge >= 0.3 is 6.18 Å². The molecule has 0 fully saturated rings. The second kappa shape index (κ2) is 7.25. The van der Waals surface area contributed by atoms with Crippen molar-refractivity contribution in [3.8, 4) is 0 Å². The van der Waals surface area contributed by atoms with E-state index in [9.17, 15) is 33.4 Å². The third-order valence-corrected chi connectivity index (χ3v) is 3.30. The molecule has 0 saturated carbocycles. The SMILES string of the molecule is CCCCN(CC)c1cc([N+](=O)[O-])c(C(F)(F)F)cc1[N+](=O)[O-]. The van der Waals surface area contributed by atoms with Crippen LogP contribution in [-0.2, 0) is 6.18 Å². The molecule has 0 aromatic heterocycles. The van der Waals surface area contributed by atoms with Crippen molar-refractivity contribution in [3.05, 3.63) is 37.9 Å². The van der Waals surface area contributed by atoms with Gasteiger partial charge in [0.25, 0.3) is 11.4 Å². The molecule has 0 saturated heterocycles. The lowest BCUT2D eigenvalue weighted by molar-refractivity contribution is -0.391. The predicted molar refractivity (Wildman–Crippen MR) is 77.5 cm³/mol. The molecule has 0 aliphatic rings. The van der Waals surface area contributed by atoms with Crippen LogP contribution >= 0.6 is 0 Å². The minimum atomic E-state index is -5.05. The summed E-state index contributed by atoms with van der Waals surface area (Å²) in [4.78, 5) is 21.4. The second-order valence-electron chi connectivity index (χ2n) is 4.80. The van der Waals surface area contributed by atoms with Crippen molar-refractivity contribution in [2.45, 2.75) is 32.9 Å². The first-order valence-electron chi connectivity index (χ1n) is 6.92. The molecule has 23 heavy (non-hydrogen) atoms. The molecule has 0 unspecified atom stereocenters. The number of unbranched alkanes of at least 4 members (excludes halogenated alkanes) is 1. The average molecular weight is 335 g/mol. The summed E-state index contributed by atoms with van der Waals surface area (Å²) < 4.78 is 38.8. The van der Waals surface area contributed by atoms with Crippen LogP contribution in [0.1, 0.15) is 32.3 Å². The number of benzene rings is 1. The van der Waals surface area contributed by atoms with Crippen molar-refractivity contribution < 1.29 is 23.0 Å². The van der Waals surface area contributed by atoms with Crippen molar-refractivity contribution in [3.63, 3.8) is 0 Å². The lowest BCUT2D eigenvalue weighted by Gasteiger charge is -2.23. The van der Waals surface area contributed by atoms with E-state index < -0.39 is 33.0 Å². The molecule has 1 aromatic carbocycles. The highest BCUT2D eigenvalue weighted by Crippen LogP contribution is 2.42. The van der Waals surface area contributed by atoms with E-state index in [0.717, 1.165) is 6.42 Å². The van der Waals surface area contributed by atoms with Crippen LogP contribution in [0.5, 0.6) is 0 Å². The van der Waals surface area contributed by atoms with Crippen LogP contribution in [0.3, 0.4) is 0 Å². The summed E-state index contributed by atoms with van der Waals surface area (Å²) in [6.07, 6.45) is -3.63. The molecule has 0 spiro atoms. The normalized spacial score (nSPS) is 11.3. The molecule has 0 bridgehead atoms. The summed E-state index contributed by atoms with van der Waals surface area (Å²) in [5.41, 5.74) is -3.77. The first kappa shape index (κ1) is 18.7. The highest BCUT2D eigenvalue weighted by atomic mass is 19.4. The largest absolute Gasteiger partial charge is 0.423 e. The molecule has 0 atom stereocenters. The van der Waals surface area contributed by atoms with E-state index in [1.807, 2.05) is 6.92 Å². The highest BCUT2D eigenvalue weighted by molar-refractivity contribution is 5.70. The number of hydrogen-bond acceptors (Lipinski definition) is 5. The Morgan fingerprint density at radius 1 is 1.09 bits per heavy atom. The Balaban J connectivity index is 3.59. The standard InChI is InChI=1S/C13H16F3N3O4/c1-3-5-6-17(4-2)11-8-10(18(20)21)9(13(14,15)16)7-12(11)19(22)23/h7-8H,3-6H2,1-2H3. The monoisotopic (exact) mass is 335 g/mol. The number of halogens is 3. The Morgan fingerprint density at radius 2 is 1.65 bits per heavy atom. The fraction of sp³-hybridized carbons (Fsp3) is 0.538. The van der Waals surface area contributed by atoms with Gasteiger partial charge in [-0.1, -0.05) is 13.3 Å². The minimum absolute atomic E-state index is 0.175. The number of rotatable bonds is 7. The number of nitro groups is 2. The van der Waals surface area contributed by atoms with Gasteiger partial charge in [-0.25, -0.2) is 0 Å². The third kappa shape index (κ3) is 4.30. The summed E-state index contributed by atoms with van der Waals surface area (Å²) in [6.45, 7) is 4.19. The van der Waals surface area contributed by atoms with E-state index in [1.165, 1.54) is 4.90 Å². The molecule has 0 aliphatic carbocycles. The minimum Gasteiger partial charge on any atom is -0.366 e. The molecule has 0 radical (unpaired) electrons. The van der Waals surface area contributed by atoms with Crippen LogP contribution in [0.25, 0.3) is 0 Å². The summed E-state index contributed by atoms with van der Waals surface area (Å²) in [7, 11) is 0. The molecule has 7 nitrogen and oxygen atoms in total. The van der Waals surface area contributed by atoms with Gasteiger partial charge in [-0.3, -0.25) is 20.2 Å². The lowest BCUT2D eigenvalue weighted by atomic mass is 10.1. The Hall–Kier alpha value is -2.39. The highest BCUT2D eigenvalue weighted by Gasteiger charge is 2.41. The van der Waals surface area contributed by atoms with Crippen molar-refractivity contribution in [2.75, 3.05) is 18.0 Å². The maximum atomic E-state index is 12.9. The van der Waals surface area contributed by atoms with Gasteiger partial charge in [-0.15, -0.1) is 0 Å². The van der Waals surface area contributed by atoms with Gasteiger partial charge < -0.3 is 4.90 Å². The van der Waals surface area contributed by atoms with Crippen molar-refractivity contribution in [1.82, 2.24) is 0 Å². The topological polar surface area (TPSA) is 89.5 Å². The van der Waals surface area contributed by atoms with Crippen LogP contribution < -0.4 is 4.90 Å².